The Morgan fingerprint density at radius 2 is 2.04 bits per heavy atom. The lowest BCUT2D eigenvalue weighted by atomic mass is 9.97. The van der Waals surface area contributed by atoms with Crippen LogP contribution < -0.4 is 10.2 Å². The summed E-state index contributed by atoms with van der Waals surface area (Å²) in [5.74, 6) is 0.936. The Balaban J connectivity index is 1.48. The number of aryl methyl sites for hydroxylation is 1. The van der Waals surface area contributed by atoms with Crippen LogP contribution in [0.3, 0.4) is 0 Å². The fraction of sp³-hybridized carbons (Fsp3) is 0.333. The van der Waals surface area contributed by atoms with Crippen LogP contribution in [0.5, 0.6) is 0 Å². The fourth-order valence-electron chi connectivity index (χ4n) is 3.66. The van der Waals surface area contributed by atoms with Crippen LogP contribution in [0.4, 0.5) is 11.6 Å². The van der Waals surface area contributed by atoms with E-state index in [1.54, 1.807) is 0 Å². The first-order valence-electron chi connectivity index (χ1n) is 9.33. The van der Waals surface area contributed by atoms with Crippen molar-refractivity contribution in [1.82, 2.24) is 9.97 Å². The van der Waals surface area contributed by atoms with Gasteiger partial charge in [0.05, 0.1) is 17.0 Å². The molecule has 4 rings (SSSR count). The second kappa shape index (κ2) is 7.20. The number of H-pyrrole nitrogens is 1. The predicted molar refractivity (Wildman–Crippen MR) is 105 cm³/mol. The molecule has 1 aromatic heterocycles. The molecule has 26 heavy (non-hydrogen) atoms. The van der Waals surface area contributed by atoms with Crippen molar-refractivity contribution in [2.24, 2.45) is 5.92 Å². The van der Waals surface area contributed by atoms with Gasteiger partial charge in [0.2, 0.25) is 11.9 Å². The van der Waals surface area contributed by atoms with Gasteiger partial charge in [0, 0.05) is 18.8 Å². The third-order valence-electron chi connectivity index (χ3n) is 5.12. The van der Waals surface area contributed by atoms with Gasteiger partial charge in [-0.25, -0.2) is 4.98 Å². The summed E-state index contributed by atoms with van der Waals surface area (Å²) in [6.45, 7) is 3.73. The Labute approximate surface area is 153 Å². The number of anilines is 2. The average Bonchev–Trinajstić information content (AvgIpc) is 3.13. The highest BCUT2D eigenvalue weighted by molar-refractivity contribution is 5.93. The highest BCUT2D eigenvalue weighted by Crippen LogP contribution is 2.25. The van der Waals surface area contributed by atoms with Gasteiger partial charge in [-0.2, -0.15) is 0 Å². The third-order valence-corrected chi connectivity index (χ3v) is 5.12. The zero-order chi connectivity index (χ0) is 17.9. The second-order valence-corrected chi connectivity index (χ2v) is 6.86. The number of aromatic amines is 1. The van der Waals surface area contributed by atoms with E-state index < -0.39 is 0 Å². The summed E-state index contributed by atoms with van der Waals surface area (Å²) in [6.07, 6.45) is 2.81. The number of hydrogen-bond acceptors (Lipinski definition) is 3. The monoisotopic (exact) mass is 348 g/mol. The molecule has 134 valence electrons. The minimum atomic E-state index is -0.0260. The molecule has 5 nitrogen and oxygen atoms in total. The van der Waals surface area contributed by atoms with Gasteiger partial charge in [-0.15, -0.1) is 0 Å². The number of rotatable bonds is 4. The van der Waals surface area contributed by atoms with E-state index in [1.807, 2.05) is 42.5 Å². The molecule has 1 saturated heterocycles. The molecule has 2 aromatic carbocycles. The molecule has 1 amide bonds. The lowest BCUT2D eigenvalue weighted by molar-refractivity contribution is -0.120. The van der Waals surface area contributed by atoms with Crippen LogP contribution >= 0.6 is 0 Å². The number of carbonyl (C=O) groups is 1. The molecule has 0 saturated carbocycles. The van der Waals surface area contributed by atoms with Crippen LogP contribution in [0.15, 0.2) is 48.5 Å². The third kappa shape index (κ3) is 3.29. The quantitative estimate of drug-likeness (QED) is 0.750. The first kappa shape index (κ1) is 16.6. The van der Waals surface area contributed by atoms with Crippen LogP contribution in [0.25, 0.3) is 11.0 Å². The Bertz CT molecular complexity index is 884. The van der Waals surface area contributed by atoms with Gasteiger partial charge < -0.3 is 15.2 Å². The predicted octanol–water partition coefficient (Wildman–Crippen LogP) is 3.98. The van der Waals surface area contributed by atoms with Gasteiger partial charge in [0.15, 0.2) is 0 Å². The second-order valence-electron chi connectivity index (χ2n) is 6.86. The van der Waals surface area contributed by atoms with E-state index in [0.29, 0.717) is 6.54 Å². The molecule has 0 spiro atoms. The van der Waals surface area contributed by atoms with Crippen molar-refractivity contribution in [3.63, 3.8) is 0 Å². The number of hydrogen-bond donors (Lipinski definition) is 2. The molecule has 1 aliphatic heterocycles. The van der Waals surface area contributed by atoms with Crippen molar-refractivity contribution in [2.75, 3.05) is 23.3 Å². The first-order valence-corrected chi connectivity index (χ1v) is 9.33. The normalized spacial score (nSPS) is 17.4. The van der Waals surface area contributed by atoms with E-state index in [0.717, 1.165) is 48.5 Å². The number of carbonyl (C=O) groups excluding carboxylic acids is 1. The number of imidazole rings is 1. The van der Waals surface area contributed by atoms with Crippen LogP contribution in [0.1, 0.15) is 25.3 Å². The van der Waals surface area contributed by atoms with Gasteiger partial charge in [-0.05, 0) is 43.0 Å². The number of amides is 1. The Morgan fingerprint density at radius 3 is 2.88 bits per heavy atom. The van der Waals surface area contributed by atoms with Crippen molar-refractivity contribution in [3.8, 4) is 0 Å². The van der Waals surface area contributed by atoms with Crippen LogP contribution in [0.2, 0.25) is 0 Å². The standard InChI is InChI=1S/C21H24N4O/c1-2-15-8-3-4-10-17(15)22-20(26)16-9-7-13-25(14-16)21-23-18-11-5-6-12-19(18)24-21/h3-6,8,10-12,16H,2,7,9,13-14H2,1H3,(H,22,26)(H,23,24)/t16-/m0/s1. The van der Waals surface area contributed by atoms with Crippen molar-refractivity contribution < 1.29 is 4.79 Å². The van der Waals surface area contributed by atoms with Crippen molar-refractivity contribution in [3.05, 3.63) is 54.1 Å². The first-order chi connectivity index (χ1) is 12.7. The number of nitrogens with one attached hydrogen (secondary N) is 2. The molecule has 1 fully saturated rings. The maximum absolute atomic E-state index is 12.8. The van der Waals surface area contributed by atoms with E-state index in [1.165, 1.54) is 5.56 Å². The van der Waals surface area contributed by atoms with E-state index in [2.05, 4.69) is 33.2 Å². The number of aromatic nitrogens is 2. The molecule has 2 N–H and O–H groups in total. The Hall–Kier alpha value is -2.82. The van der Waals surface area contributed by atoms with E-state index >= 15 is 0 Å². The maximum Gasteiger partial charge on any atom is 0.229 e. The topological polar surface area (TPSA) is 61.0 Å². The number of benzene rings is 2. The smallest absolute Gasteiger partial charge is 0.229 e. The molecule has 2 heterocycles. The molecule has 1 atom stereocenters. The minimum Gasteiger partial charge on any atom is -0.342 e. The Kier molecular flexibility index (Phi) is 4.61. The summed E-state index contributed by atoms with van der Waals surface area (Å²) in [7, 11) is 0. The minimum absolute atomic E-state index is 0.0260. The zero-order valence-corrected chi connectivity index (χ0v) is 15.0. The number of fused-ring (bicyclic) bond motifs is 1. The summed E-state index contributed by atoms with van der Waals surface area (Å²) in [5.41, 5.74) is 4.10. The van der Waals surface area contributed by atoms with E-state index in [-0.39, 0.29) is 11.8 Å². The molecule has 0 bridgehead atoms. The number of nitrogens with zero attached hydrogens (tertiary/aromatic N) is 2. The molecular formula is C21H24N4O. The zero-order valence-electron chi connectivity index (χ0n) is 15.0. The maximum atomic E-state index is 12.8. The van der Waals surface area contributed by atoms with E-state index in [9.17, 15) is 4.79 Å². The van der Waals surface area contributed by atoms with E-state index in [4.69, 9.17) is 0 Å². The highest BCUT2D eigenvalue weighted by atomic mass is 16.1. The lowest BCUT2D eigenvalue weighted by Crippen LogP contribution is -2.41. The average molecular weight is 348 g/mol. The summed E-state index contributed by atoms with van der Waals surface area (Å²) in [5, 5.41) is 3.13. The van der Waals surface area contributed by atoms with Gasteiger partial charge in [-0.3, -0.25) is 4.79 Å². The molecule has 1 aliphatic rings. The summed E-state index contributed by atoms with van der Waals surface area (Å²) < 4.78 is 0. The van der Waals surface area contributed by atoms with Crippen molar-refractivity contribution in [1.29, 1.82) is 0 Å². The molecule has 3 aromatic rings. The summed E-state index contributed by atoms with van der Waals surface area (Å²) in [6, 6.07) is 16.1. The van der Waals surface area contributed by atoms with Gasteiger partial charge in [0.1, 0.15) is 0 Å². The largest absolute Gasteiger partial charge is 0.342 e. The number of piperidine rings is 1. The van der Waals surface area contributed by atoms with Crippen molar-refractivity contribution >= 4 is 28.6 Å². The fourth-order valence-corrected chi connectivity index (χ4v) is 3.66. The Morgan fingerprint density at radius 1 is 1.23 bits per heavy atom. The summed E-state index contributed by atoms with van der Waals surface area (Å²) in [4.78, 5) is 23.1. The van der Waals surface area contributed by atoms with Gasteiger partial charge in [0.25, 0.3) is 0 Å². The van der Waals surface area contributed by atoms with Gasteiger partial charge >= 0.3 is 0 Å². The number of para-hydroxylation sites is 3. The molecular weight excluding hydrogens is 324 g/mol. The van der Waals surface area contributed by atoms with Gasteiger partial charge in [-0.1, -0.05) is 37.3 Å². The molecule has 0 radical (unpaired) electrons. The van der Waals surface area contributed by atoms with Crippen LogP contribution in [-0.2, 0) is 11.2 Å². The molecule has 0 aliphatic carbocycles. The summed E-state index contributed by atoms with van der Waals surface area (Å²) >= 11 is 0. The van der Waals surface area contributed by atoms with Crippen molar-refractivity contribution in [2.45, 2.75) is 26.2 Å². The lowest BCUT2D eigenvalue weighted by Gasteiger charge is -2.31. The SMILES string of the molecule is CCc1ccccc1NC(=O)[C@H]1CCCN(c2nc3ccccc3[nH]2)C1. The van der Waals surface area contributed by atoms with Crippen LogP contribution in [0, 0.1) is 5.92 Å². The highest BCUT2D eigenvalue weighted by Gasteiger charge is 2.27. The molecule has 5 heteroatoms. The molecule has 0 unspecified atom stereocenters. The van der Waals surface area contributed by atoms with Crippen LogP contribution in [-0.4, -0.2) is 29.0 Å².